The molecule has 1 saturated carbocycles. The van der Waals surface area contributed by atoms with Crippen LogP contribution in [0.25, 0.3) is 10.9 Å². The number of hydrogen-bond donors (Lipinski definition) is 1. The van der Waals surface area contributed by atoms with E-state index in [9.17, 15) is 9.59 Å². The lowest BCUT2D eigenvalue weighted by atomic mass is 9.95. The topological polar surface area (TPSA) is 82.2 Å². The standard InChI is InChI=1S/C22H31N5O2/c28-21(9-8-20-24-19-10-11-23-16-18(19)22(29)25-20)27-14-12-26(13-15-27)17-6-4-2-1-3-5-7-17/h10-11,16-17H,1-9,12-15H2,(H,24,25,29). The highest BCUT2D eigenvalue weighted by atomic mass is 16.2. The summed E-state index contributed by atoms with van der Waals surface area (Å²) >= 11 is 0. The number of aromatic amines is 1. The van der Waals surface area contributed by atoms with Gasteiger partial charge in [-0.3, -0.25) is 19.5 Å². The summed E-state index contributed by atoms with van der Waals surface area (Å²) in [5.74, 6) is 0.718. The highest BCUT2D eigenvalue weighted by Crippen LogP contribution is 2.22. The van der Waals surface area contributed by atoms with Crippen molar-refractivity contribution in [2.45, 2.75) is 63.8 Å². The maximum absolute atomic E-state index is 12.7. The molecule has 7 nitrogen and oxygen atoms in total. The Labute approximate surface area is 171 Å². The van der Waals surface area contributed by atoms with Crippen LogP contribution < -0.4 is 5.56 Å². The van der Waals surface area contributed by atoms with E-state index in [1.807, 2.05) is 4.90 Å². The quantitative estimate of drug-likeness (QED) is 0.857. The zero-order valence-electron chi connectivity index (χ0n) is 17.1. The smallest absolute Gasteiger partial charge is 0.260 e. The Morgan fingerprint density at radius 1 is 1.07 bits per heavy atom. The molecule has 156 valence electrons. The number of hydrogen-bond acceptors (Lipinski definition) is 5. The second-order valence-corrected chi connectivity index (χ2v) is 8.32. The molecule has 0 spiro atoms. The number of nitrogens with one attached hydrogen (secondary N) is 1. The molecule has 2 aromatic heterocycles. The maximum atomic E-state index is 12.7. The van der Waals surface area contributed by atoms with E-state index in [0.717, 1.165) is 26.2 Å². The van der Waals surface area contributed by atoms with Crippen LogP contribution in [0.5, 0.6) is 0 Å². The van der Waals surface area contributed by atoms with Crippen LogP contribution in [-0.4, -0.2) is 62.9 Å². The molecule has 29 heavy (non-hydrogen) atoms. The fourth-order valence-corrected chi connectivity index (χ4v) is 4.67. The Kier molecular flexibility index (Phi) is 6.54. The fraction of sp³-hybridized carbons (Fsp3) is 0.636. The second-order valence-electron chi connectivity index (χ2n) is 8.32. The van der Waals surface area contributed by atoms with Gasteiger partial charge in [0.05, 0.1) is 10.9 Å². The number of H-pyrrole nitrogens is 1. The third kappa shape index (κ3) is 5.01. The molecule has 1 aliphatic heterocycles. The number of pyridine rings is 1. The molecule has 2 aromatic rings. The van der Waals surface area contributed by atoms with Gasteiger partial charge >= 0.3 is 0 Å². The van der Waals surface area contributed by atoms with E-state index in [0.29, 0.717) is 35.6 Å². The van der Waals surface area contributed by atoms with E-state index in [1.54, 1.807) is 12.3 Å². The van der Waals surface area contributed by atoms with Crippen LogP contribution in [-0.2, 0) is 11.2 Å². The summed E-state index contributed by atoms with van der Waals surface area (Å²) in [6.45, 7) is 3.58. The van der Waals surface area contributed by atoms with E-state index < -0.39 is 0 Å². The van der Waals surface area contributed by atoms with Crippen LogP contribution in [0.2, 0.25) is 0 Å². The van der Waals surface area contributed by atoms with Crippen molar-refractivity contribution in [1.82, 2.24) is 24.8 Å². The normalized spacial score (nSPS) is 19.8. The first-order valence-corrected chi connectivity index (χ1v) is 11.1. The van der Waals surface area contributed by atoms with Crippen LogP contribution in [0.4, 0.5) is 0 Å². The highest BCUT2D eigenvalue weighted by molar-refractivity contribution is 5.77. The lowest BCUT2D eigenvalue weighted by molar-refractivity contribution is -0.133. The third-order valence-corrected chi connectivity index (χ3v) is 6.39. The number of carbonyl (C=O) groups excluding carboxylic acids is 1. The summed E-state index contributed by atoms with van der Waals surface area (Å²) in [4.78, 5) is 40.6. The molecule has 2 fully saturated rings. The van der Waals surface area contributed by atoms with E-state index in [2.05, 4.69) is 19.9 Å². The van der Waals surface area contributed by atoms with Crippen molar-refractivity contribution in [2.24, 2.45) is 0 Å². The van der Waals surface area contributed by atoms with E-state index >= 15 is 0 Å². The Balaban J connectivity index is 1.28. The molecule has 7 heteroatoms. The summed E-state index contributed by atoms with van der Waals surface area (Å²) in [6, 6.07) is 2.43. The van der Waals surface area contributed by atoms with Crippen LogP contribution >= 0.6 is 0 Å². The van der Waals surface area contributed by atoms with Gasteiger partial charge in [0.2, 0.25) is 5.91 Å². The van der Waals surface area contributed by atoms with Crippen molar-refractivity contribution in [3.8, 4) is 0 Å². The predicted molar refractivity (Wildman–Crippen MR) is 113 cm³/mol. The first-order chi connectivity index (χ1) is 14.2. The third-order valence-electron chi connectivity index (χ3n) is 6.39. The van der Waals surface area contributed by atoms with Crippen LogP contribution in [0.15, 0.2) is 23.3 Å². The Morgan fingerprint density at radius 3 is 2.55 bits per heavy atom. The largest absolute Gasteiger partial charge is 0.340 e. The first kappa shape index (κ1) is 20.0. The van der Waals surface area contributed by atoms with Gasteiger partial charge in [0, 0.05) is 57.5 Å². The summed E-state index contributed by atoms with van der Waals surface area (Å²) in [6.07, 6.45) is 13.4. The molecule has 2 aliphatic rings. The van der Waals surface area contributed by atoms with Crippen molar-refractivity contribution in [1.29, 1.82) is 0 Å². The summed E-state index contributed by atoms with van der Waals surface area (Å²) in [5.41, 5.74) is 0.428. The molecule has 3 heterocycles. The van der Waals surface area contributed by atoms with Crippen LogP contribution in [0.1, 0.15) is 57.2 Å². The monoisotopic (exact) mass is 397 g/mol. The number of aromatic nitrogens is 3. The predicted octanol–water partition coefficient (Wildman–Crippen LogP) is 2.51. The highest BCUT2D eigenvalue weighted by Gasteiger charge is 2.26. The van der Waals surface area contributed by atoms with Gasteiger partial charge in [-0.25, -0.2) is 4.98 Å². The minimum Gasteiger partial charge on any atom is -0.340 e. The summed E-state index contributed by atoms with van der Waals surface area (Å²) < 4.78 is 0. The zero-order chi connectivity index (χ0) is 20.1. The van der Waals surface area contributed by atoms with Gasteiger partial charge in [-0.15, -0.1) is 0 Å². The van der Waals surface area contributed by atoms with E-state index in [1.165, 1.54) is 51.1 Å². The van der Waals surface area contributed by atoms with Gasteiger partial charge in [-0.2, -0.15) is 0 Å². The number of piperazine rings is 1. The molecule has 0 radical (unpaired) electrons. The first-order valence-electron chi connectivity index (χ1n) is 11.1. The molecule has 1 saturated heterocycles. The molecule has 0 atom stereocenters. The second kappa shape index (κ2) is 9.48. The number of fused-ring (bicyclic) bond motifs is 1. The van der Waals surface area contributed by atoms with Crippen molar-refractivity contribution < 1.29 is 4.79 Å². The average Bonchev–Trinajstić information content (AvgIpc) is 2.72. The number of carbonyl (C=O) groups is 1. The van der Waals surface area contributed by atoms with Gasteiger partial charge in [-0.1, -0.05) is 32.1 Å². The SMILES string of the molecule is O=C(CCc1nc2ccncc2c(=O)[nH]1)N1CCN(C2CCCCCCC2)CC1. The van der Waals surface area contributed by atoms with Gasteiger partial charge in [0.1, 0.15) is 5.82 Å². The van der Waals surface area contributed by atoms with Crippen molar-refractivity contribution in [3.63, 3.8) is 0 Å². The maximum Gasteiger partial charge on any atom is 0.260 e. The number of aryl methyl sites for hydroxylation is 1. The molecule has 0 unspecified atom stereocenters. The Morgan fingerprint density at radius 2 is 1.79 bits per heavy atom. The molecule has 1 N–H and O–H groups in total. The molecule has 0 bridgehead atoms. The number of amides is 1. The van der Waals surface area contributed by atoms with Crippen LogP contribution in [0.3, 0.4) is 0 Å². The summed E-state index contributed by atoms with van der Waals surface area (Å²) in [7, 11) is 0. The van der Waals surface area contributed by atoms with Crippen molar-refractivity contribution in [2.75, 3.05) is 26.2 Å². The molecule has 0 aromatic carbocycles. The van der Waals surface area contributed by atoms with E-state index in [4.69, 9.17) is 0 Å². The van der Waals surface area contributed by atoms with Crippen molar-refractivity contribution in [3.05, 3.63) is 34.6 Å². The van der Waals surface area contributed by atoms with E-state index in [-0.39, 0.29) is 11.5 Å². The number of nitrogens with zero attached hydrogens (tertiary/aromatic N) is 4. The average molecular weight is 398 g/mol. The lowest BCUT2D eigenvalue weighted by Crippen LogP contribution is -2.52. The minimum absolute atomic E-state index is 0.153. The number of rotatable bonds is 4. The van der Waals surface area contributed by atoms with Crippen LogP contribution in [0, 0.1) is 0 Å². The molecular formula is C22H31N5O2. The van der Waals surface area contributed by atoms with Gasteiger partial charge in [0.25, 0.3) is 5.56 Å². The lowest BCUT2D eigenvalue weighted by Gasteiger charge is -2.40. The Hall–Kier alpha value is -2.28. The fourth-order valence-electron chi connectivity index (χ4n) is 4.67. The molecule has 4 rings (SSSR count). The van der Waals surface area contributed by atoms with Crippen molar-refractivity contribution >= 4 is 16.8 Å². The summed E-state index contributed by atoms with van der Waals surface area (Å²) in [5, 5.41) is 0.480. The molecular weight excluding hydrogens is 366 g/mol. The van der Waals surface area contributed by atoms with Gasteiger partial charge in [-0.05, 0) is 18.9 Å². The minimum atomic E-state index is -0.196. The molecule has 1 amide bonds. The van der Waals surface area contributed by atoms with Gasteiger partial charge in [0.15, 0.2) is 0 Å². The zero-order valence-corrected chi connectivity index (χ0v) is 17.1. The molecule has 1 aliphatic carbocycles. The van der Waals surface area contributed by atoms with Gasteiger partial charge < -0.3 is 9.88 Å². The Bertz CT molecular complexity index is 880.